The summed E-state index contributed by atoms with van der Waals surface area (Å²) >= 11 is 0. The highest BCUT2D eigenvalue weighted by Crippen LogP contribution is 1.95. The van der Waals surface area contributed by atoms with Gasteiger partial charge >= 0.3 is 12.1 Å². The summed E-state index contributed by atoms with van der Waals surface area (Å²) in [4.78, 5) is 19.6. The molecule has 0 aliphatic rings. The fraction of sp³-hybridized carbons (Fsp3) is 0.400. The van der Waals surface area contributed by atoms with E-state index in [1.54, 1.807) is 13.0 Å². The van der Waals surface area contributed by atoms with Crippen LogP contribution < -0.4 is 5.73 Å². The summed E-state index contributed by atoms with van der Waals surface area (Å²) in [5.41, 5.74) is 4.90. The van der Waals surface area contributed by atoms with Crippen molar-refractivity contribution < 1.29 is 19.4 Å². The summed E-state index contributed by atoms with van der Waals surface area (Å²) in [6.07, 6.45) is 1.43. The van der Waals surface area contributed by atoms with Crippen LogP contribution >= 0.6 is 0 Å². The Labute approximate surface area is 89.2 Å². The number of carboxylic acids is 1. The fourth-order valence-electron chi connectivity index (χ4n) is 0.481. The van der Waals surface area contributed by atoms with Gasteiger partial charge in [0.05, 0.1) is 0 Å². The second-order valence-electron chi connectivity index (χ2n) is 2.86. The average molecular weight is 215 g/mol. The third kappa shape index (κ3) is 15.0. The number of hydrogen-bond acceptors (Lipinski definition) is 3. The Morgan fingerprint density at radius 2 is 2.00 bits per heavy atom. The molecule has 1 atom stereocenters. The van der Waals surface area contributed by atoms with Crippen molar-refractivity contribution in [3.63, 3.8) is 0 Å². The second kappa shape index (κ2) is 8.80. The molecule has 0 aliphatic heterocycles. The van der Waals surface area contributed by atoms with Gasteiger partial charge in [-0.1, -0.05) is 12.7 Å². The molecule has 15 heavy (non-hydrogen) atoms. The molecule has 5 heteroatoms. The van der Waals surface area contributed by atoms with Crippen molar-refractivity contribution in [3.8, 4) is 0 Å². The molecule has 0 aromatic carbocycles. The minimum atomic E-state index is -0.935. The first-order valence-corrected chi connectivity index (χ1v) is 4.27. The lowest BCUT2D eigenvalue weighted by atomic mass is 10.3. The number of hydrogen-bond donors (Lipinski definition) is 2. The molecule has 0 spiro atoms. The number of carbonyl (C=O) groups is 2. The summed E-state index contributed by atoms with van der Waals surface area (Å²) in [7, 11) is 0. The van der Waals surface area contributed by atoms with E-state index >= 15 is 0 Å². The average Bonchev–Trinajstić information content (AvgIpc) is 2.03. The van der Waals surface area contributed by atoms with Crippen LogP contribution in [0.4, 0.5) is 4.79 Å². The van der Waals surface area contributed by atoms with E-state index in [1.807, 2.05) is 0 Å². The molecule has 86 valence electrons. The number of aliphatic carboxylic acids is 1. The summed E-state index contributed by atoms with van der Waals surface area (Å²) in [6, 6.07) is 0. The quantitative estimate of drug-likeness (QED) is 0.551. The van der Waals surface area contributed by atoms with Gasteiger partial charge in [0.15, 0.2) is 0 Å². The molecule has 0 saturated carbocycles. The molecule has 3 N–H and O–H groups in total. The molecule has 5 nitrogen and oxygen atoms in total. The van der Waals surface area contributed by atoms with Crippen molar-refractivity contribution in [1.82, 2.24) is 0 Å². The zero-order valence-electron chi connectivity index (χ0n) is 9.03. The Morgan fingerprint density at radius 3 is 2.20 bits per heavy atom. The molecule has 0 radical (unpaired) electrons. The normalized spacial score (nSPS) is 10.3. The van der Waals surface area contributed by atoms with Crippen LogP contribution in [0, 0.1) is 0 Å². The molecule has 0 fully saturated rings. The third-order valence-electron chi connectivity index (χ3n) is 1.18. The van der Waals surface area contributed by atoms with Gasteiger partial charge in [0.25, 0.3) is 0 Å². The standard InChI is InChI=1S/C6H11NO2.C4H6O2/c1-3-4-5(2)9-6(7)8;1-3(2)4(5)6/h3,5H,1,4H2,2H3,(H2,7,8);1H2,2H3,(H,5,6). The Kier molecular flexibility index (Phi) is 9.20. The number of carboxylic acid groups (broad SMARTS) is 1. The number of carbonyl (C=O) groups excluding carboxylic acids is 1. The first-order valence-electron chi connectivity index (χ1n) is 4.27. The smallest absolute Gasteiger partial charge is 0.404 e. The number of rotatable bonds is 4. The van der Waals surface area contributed by atoms with Crippen LogP contribution in [0.3, 0.4) is 0 Å². The van der Waals surface area contributed by atoms with E-state index in [9.17, 15) is 9.59 Å². The van der Waals surface area contributed by atoms with Gasteiger partial charge in [-0.2, -0.15) is 0 Å². The van der Waals surface area contributed by atoms with E-state index in [0.717, 1.165) is 0 Å². The third-order valence-corrected chi connectivity index (χ3v) is 1.18. The number of primary amides is 1. The highest BCUT2D eigenvalue weighted by molar-refractivity contribution is 5.84. The minimum Gasteiger partial charge on any atom is -0.478 e. The molecule has 0 heterocycles. The van der Waals surface area contributed by atoms with E-state index in [0.29, 0.717) is 6.42 Å². The van der Waals surface area contributed by atoms with Crippen molar-refractivity contribution >= 4 is 12.1 Å². The molecule has 0 rings (SSSR count). The summed E-state index contributed by atoms with van der Waals surface area (Å²) in [5, 5.41) is 7.89. The van der Waals surface area contributed by atoms with Crippen LogP contribution in [0.15, 0.2) is 24.8 Å². The maximum absolute atomic E-state index is 10.1. The molecule has 0 saturated heterocycles. The highest BCUT2D eigenvalue weighted by Gasteiger charge is 2.01. The van der Waals surface area contributed by atoms with Crippen molar-refractivity contribution in [3.05, 3.63) is 24.8 Å². The van der Waals surface area contributed by atoms with Gasteiger partial charge in [-0.25, -0.2) is 9.59 Å². The predicted molar refractivity (Wildman–Crippen MR) is 57.4 cm³/mol. The van der Waals surface area contributed by atoms with Crippen LogP contribution in [0.1, 0.15) is 20.3 Å². The molecule has 0 bridgehead atoms. The van der Waals surface area contributed by atoms with Crippen LogP contribution in [-0.4, -0.2) is 23.3 Å². The lowest BCUT2D eigenvalue weighted by molar-refractivity contribution is -0.132. The monoisotopic (exact) mass is 215 g/mol. The van der Waals surface area contributed by atoms with E-state index in [4.69, 9.17) is 10.8 Å². The lowest BCUT2D eigenvalue weighted by Gasteiger charge is -2.06. The van der Waals surface area contributed by atoms with Gasteiger partial charge in [0.2, 0.25) is 0 Å². The first kappa shape index (κ1) is 15.7. The highest BCUT2D eigenvalue weighted by atomic mass is 16.6. The molecule has 0 aliphatic carbocycles. The van der Waals surface area contributed by atoms with Crippen molar-refractivity contribution in [2.45, 2.75) is 26.4 Å². The summed E-state index contributed by atoms with van der Waals surface area (Å²) < 4.78 is 4.56. The summed E-state index contributed by atoms with van der Waals surface area (Å²) in [6.45, 7) is 9.83. The Hall–Kier alpha value is -1.78. The van der Waals surface area contributed by atoms with Crippen molar-refractivity contribution in [1.29, 1.82) is 0 Å². The van der Waals surface area contributed by atoms with Crippen LogP contribution in [0.25, 0.3) is 0 Å². The predicted octanol–water partition coefficient (Wildman–Crippen LogP) is 1.69. The van der Waals surface area contributed by atoms with Crippen LogP contribution in [-0.2, 0) is 9.53 Å². The number of ether oxygens (including phenoxy) is 1. The van der Waals surface area contributed by atoms with Gasteiger partial charge in [0, 0.05) is 12.0 Å². The maximum atomic E-state index is 10.1. The van der Waals surface area contributed by atoms with Gasteiger partial charge in [-0.05, 0) is 13.8 Å². The van der Waals surface area contributed by atoms with Crippen molar-refractivity contribution in [2.75, 3.05) is 0 Å². The SMILES string of the molecule is C=C(C)C(=O)O.C=CCC(C)OC(N)=O. The molecule has 0 aromatic rings. The van der Waals surface area contributed by atoms with E-state index in [1.165, 1.54) is 6.92 Å². The number of amides is 1. The van der Waals surface area contributed by atoms with Gasteiger partial charge in [-0.15, -0.1) is 6.58 Å². The van der Waals surface area contributed by atoms with E-state index in [2.05, 4.69) is 17.9 Å². The van der Waals surface area contributed by atoms with E-state index < -0.39 is 12.1 Å². The van der Waals surface area contributed by atoms with Crippen LogP contribution in [0.5, 0.6) is 0 Å². The molecule has 1 unspecified atom stereocenters. The number of nitrogens with two attached hydrogens (primary N) is 1. The lowest BCUT2D eigenvalue weighted by Crippen LogP contribution is -2.19. The zero-order valence-corrected chi connectivity index (χ0v) is 9.03. The fourth-order valence-corrected chi connectivity index (χ4v) is 0.481. The Morgan fingerprint density at radius 1 is 1.60 bits per heavy atom. The second-order valence-corrected chi connectivity index (χ2v) is 2.86. The van der Waals surface area contributed by atoms with Gasteiger partial charge in [-0.3, -0.25) is 0 Å². The zero-order chi connectivity index (χ0) is 12.4. The Bertz CT molecular complexity index is 236. The molecular formula is C10H17NO4. The molecule has 1 amide bonds. The van der Waals surface area contributed by atoms with Crippen molar-refractivity contribution in [2.24, 2.45) is 5.73 Å². The van der Waals surface area contributed by atoms with Crippen LogP contribution in [0.2, 0.25) is 0 Å². The van der Waals surface area contributed by atoms with Gasteiger partial charge < -0.3 is 15.6 Å². The van der Waals surface area contributed by atoms with E-state index in [-0.39, 0.29) is 11.7 Å². The molecular weight excluding hydrogens is 198 g/mol. The first-order chi connectivity index (χ1) is 6.81. The largest absolute Gasteiger partial charge is 0.478 e. The minimum absolute atomic E-state index is 0.153. The Balaban J connectivity index is 0. The molecule has 0 aromatic heterocycles. The maximum Gasteiger partial charge on any atom is 0.404 e. The summed E-state index contributed by atoms with van der Waals surface area (Å²) in [5.74, 6) is -0.935. The topological polar surface area (TPSA) is 89.6 Å². The van der Waals surface area contributed by atoms with Gasteiger partial charge in [0.1, 0.15) is 6.10 Å².